The van der Waals surface area contributed by atoms with Crippen molar-refractivity contribution in [2.24, 2.45) is 11.8 Å². The maximum atomic E-state index is 12.9. The first kappa shape index (κ1) is 21.6. The molecule has 0 bridgehead atoms. The Hall–Kier alpha value is -2.64. The second-order valence-electron chi connectivity index (χ2n) is 7.50. The molecule has 1 amide bonds. The number of alkyl halides is 3. The summed E-state index contributed by atoms with van der Waals surface area (Å²) in [4.78, 5) is 16.2. The Morgan fingerprint density at radius 3 is 2.55 bits per heavy atom. The SMILES string of the molecule is Cc1ccc(C(F)(F)F)cc1Nc1nc(C(=O)NS(=O)(=O)N2C[C@H]3COC[C@@H]3C2)co1. The number of benzene rings is 1. The number of fused-ring (bicyclic) bond motifs is 1. The Balaban J connectivity index is 1.43. The van der Waals surface area contributed by atoms with Crippen LogP contribution in [-0.2, 0) is 21.1 Å². The number of nitrogens with zero attached hydrogens (tertiary/aromatic N) is 2. The molecule has 4 rings (SSSR count). The molecule has 13 heteroatoms. The molecular formula is C18H19F3N4O5S. The van der Waals surface area contributed by atoms with Crippen molar-refractivity contribution in [2.45, 2.75) is 13.1 Å². The van der Waals surface area contributed by atoms with Gasteiger partial charge in [-0.25, -0.2) is 4.72 Å². The Labute approximate surface area is 175 Å². The van der Waals surface area contributed by atoms with Gasteiger partial charge in [0.2, 0.25) is 0 Å². The largest absolute Gasteiger partial charge is 0.431 e. The van der Waals surface area contributed by atoms with E-state index in [1.54, 1.807) is 6.92 Å². The smallest absolute Gasteiger partial charge is 0.416 e. The van der Waals surface area contributed by atoms with Gasteiger partial charge in [0.05, 0.1) is 18.8 Å². The molecule has 1 aromatic carbocycles. The summed E-state index contributed by atoms with van der Waals surface area (Å²) in [7, 11) is -4.08. The van der Waals surface area contributed by atoms with E-state index in [4.69, 9.17) is 9.15 Å². The van der Waals surface area contributed by atoms with E-state index >= 15 is 0 Å². The van der Waals surface area contributed by atoms with Gasteiger partial charge in [-0.1, -0.05) is 6.07 Å². The average Bonchev–Trinajstić information content (AvgIpc) is 3.38. The van der Waals surface area contributed by atoms with Crippen molar-refractivity contribution >= 4 is 27.8 Å². The summed E-state index contributed by atoms with van der Waals surface area (Å²) in [5.74, 6) is -0.804. The molecule has 1 aromatic heterocycles. The molecule has 2 fully saturated rings. The fourth-order valence-corrected chi connectivity index (χ4v) is 4.80. The molecule has 31 heavy (non-hydrogen) atoms. The number of aryl methyl sites for hydroxylation is 1. The number of hydrogen-bond acceptors (Lipinski definition) is 7. The normalized spacial score (nSPS) is 21.8. The van der Waals surface area contributed by atoms with Crippen LogP contribution in [0.25, 0.3) is 0 Å². The van der Waals surface area contributed by atoms with Crippen LogP contribution >= 0.6 is 0 Å². The molecule has 0 aliphatic carbocycles. The Bertz CT molecular complexity index is 1090. The van der Waals surface area contributed by atoms with Gasteiger partial charge < -0.3 is 14.5 Å². The number of anilines is 2. The van der Waals surface area contributed by atoms with Crippen molar-refractivity contribution in [2.75, 3.05) is 31.6 Å². The van der Waals surface area contributed by atoms with Gasteiger partial charge in [-0.05, 0) is 24.6 Å². The zero-order valence-electron chi connectivity index (χ0n) is 16.3. The van der Waals surface area contributed by atoms with Crippen molar-refractivity contribution in [3.63, 3.8) is 0 Å². The van der Waals surface area contributed by atoms with Crippen LogP contribution < -0.4 is 10.0 Å². The third-order valence-corrected chi connectivity index (χ3v) is 6.73. The zero-order chi connectivity index (χ0) is 22.4. The van der Waals surface area contributed by atoms with Crippen LogP contribution in [0.3, 0.4) is 0 Å². The number of hydrogen-bond donors (Lipinski definition) is 2. The number of amides is 1. The number of carbonyl (C=O) groups excluding carboxylic acids is 1. The summed E-state index contributed by atoms with van der Waals surface area (Å²) in [5.41, 5.74) is -0.624. The van der Waals surface area contributed by atoms with Gasteiger partial charge in [-0.3, -0.25) is 4.79 Å². The molecule has 2 N–H and O–H groups in total. The van der Waals surface area contributed by atoms with E-state index in [-0.39, 0.29) is 42.3 Å². The van der Waals surface area contributed by atoms with Gasteiger partial charge in [0.1, 0.15) is 6.26 Å². The van der Waals surface area contributed by atoms with Crippen LogP contribution in [0.1, 0.15) is 21.6 Å². The fraction of sp³-hybridized carbons (Fsp3) is 0.444. The highest BCUT2D eigenvalue weighted by Gasteiger charge is 2.42. The first-order valence-electron chi connectivity index (χ1n) is 9.33. The maximum Gasteiger partial charge on any atom is 0.416 e. The summed E-state index contributed by atoms with van der Waals surface area (Å²) < 4.78 is 77.3. The minimum atomic E-state index is -4.53. The van der Waals surface area contributed by atoms with Crippen LogP contribution in [-0.4, -0.2) is 49.9 Å². The van der Waals surface area contributed by atoms with E-state index in [1.807, 2.05) is 4.72 Å². The van der Waals surface area contributed by atoms with Crippen molar-refractivity contribution in [3.05, 3.63) is 41.3 Å². The molecule has 2 aromatic rings. The standard InChI is InChI=1S/C18H19F3N4O5S/c1-10-2-3-13(18(19,20)21)4-14(10)22-17-23-15(9-30-17)16(26)24-31(27,28)25-5-11-7-29-8-12(11)6-25/h2-4,9,11-12H,5-8H2,1H3,(H,22,23)(H,24,26)/t11-,12-/m0/s1. The Kier molecular flexibility index (Phi) is 5.43. The first-order valence-corrected chi connectivity index (χ1v) is 10.8. The summed E-state index contributed by atoms with van der Waals surface area (Å²) in [6.07, 6.45) is -3.61. The van der Waals surface area contributed by atoms with Gasteiger partial charge in [0, 0.05) is 30.6 Å². The van der Waals surface area contributed by atoms with E-state index in [0.717, 1.165) is 18.4 Å². The maximum absolute atomic E-state index is 12.9. The lowest BCUT2D eigenvalue weighted by atomic mass is 10.0. The van der Waals surface area contributed by atoms with E-state index < -0.39 is 27.9 Å². The first-order chi connectivity index (χ1) is 14.5. The van der Waals surface area contributed by atoms with Crippen LogP contribution in [0.4, 0.5) is 24.9 Å². The third kappa shape index (κ3) is 4.52. The summed E-state index contributed by atoms with van der Waals surface area (Å²) in [6.45, 7) is 3.07. The van der Waals surface area contributed by atoms with Gasteiger partial charge in [0.15, 0.2) is 5.69 Å². The van der Waals surface area contributed by atoms with Crippen LogP contribution in [0, 0.1) is 18.8 Å². The second kappa shape index (κ2) is 7.80. The molecule has 9 nitrogen and oxygen atoms in total. The number of carbonyl (C=O) groups is 1. The van der Waals surface area contributed by atoms with Crippen molar-refractivity contribution < 1.29 is 35.5 Å². The molecule has 2 atom stereocenters. The Morgan fingerprint density at radius 1 is 1.23 bits per heavy atom. The van der Waals surface area contributed by atoms with Crippen molar-refractivity contribution in [1.82, 2.24) is 14.0 Å². The second-order valence-corrected chi connectivity index (χ2v) is 9.17. The lowest BCUT2D eigenvalue weighted by molar-refractivity contribution is -0.137. The number of ether oxygens (including phenoxy) is 1. The van der Waals surface area contributed by atoms with Crippen LogP contribution in [0.2, 0.25) is 0 Å². The minimum Gasteiger partial charge on any atom is -0.431 e. The highest BCUT2D eigenvalue weighted by atomic mass is 32.2. The van der Waals surface area contributed by atoms with Gasteiger partial charge in [-0.15, -0.1) is 0 Å². The molecule has 168 valence electrons. The number of oxazole rings is 1. The predicted octanol–water partition coefficient (Wildman–Crippen LogP) is 2.30. The Morgan fingerprint density at radius 2 is 1.90 bits per heavy atom. The van der Waals surface area contributed by atoms with E-state index in [2.05, 4.69) is 10.3 Å². The van der Waals surface area contributed by atoms with E-state index in [0.29, 0.717) is 18.8 Å². The monoisotopic (exact) mass is 460 g/mol. The highest BCUT2D eigenvalue weighted by molar-refractivity contribution is 7.87. The molecule has 2 aliphatic heterocycles. The summed E-state index contributed by atoms with van der Waals surface area (Å²) in [6, 6.07) is 2.86. The lowest BCUT2D eigenvalue weighted by Gasteiger charge is -2.17. The van der Waals surface area contributed by atoms with Crippen LogP contribution in [0.15, 0.2) is 28.9 Å². The molecule has 3 heterocycles. The zero-order valence-corrected chi connectivity index (χ0v) is 17.1. The number of aromatic nitrogens is 1. The minimum absolute atomic E-state index is 0.0853. The van der Waals surface area contributed by atoms with Gasteiger partial charge >= 0.3 is 16.4 Å². The molecule has 2 saturated heterocycles. The van der Waals surface area contributed by atoms with Crippen molar-refractivity contribution in [1.29, 1.82) is 0 Å². The fourth-order valence-electron chi connectivity index (χ4n) is 3.56. The third-order valence-electron chi connectivity index (χ3n) is 5.31. The molecule has 2 aliphatic rings. The average molecular weight is 460 g/mol. The highest BCUT2D eigenvalue weighted by Crippen LogP contribution is 2.33. The lowest BCUT2D eigenvalue weighted by Crippen LogP contribution is -2.43. The van der Waals surface area contributed by atoms with Crippen LogP contribution in [0.5, 0.6) is 0 Å². The quantitative estimate of drug-likeness (QED) is 0.704. The molecular weight excluding hydrogens is 441 g/mol. The number of nitrogens with one attached hydrogen (secondary N) is 2. The molecule has 0 radical (unpaired) electrons. The summed E-state index contributed by atoms with van der Waals surface area (Å²) in [5, 5.41) is 2.57. The van der Waals surface area contributed by atoms with E-state index in [9.17, 15) is 26.4 Å². The molecule has 0 saturated carbocycles. The van der Waals surface area contributed by atoms with Gasteiger partial charge in [0.25, 0.3) is 11.9 Å². The number of halogens is 3. The molecule has 0 spiro atoms. The summed E-state index contributed by atoms with van der Waals surface area (Å²) >= 11 is 0. The topological polar surface area (TPSA) is 114 Å². The predicted molar refractivity (Wildman–Crippen MR) is 102 cm³/mol. The molecule has 0 unspecified atom stereocenters. The van der Waals surface area contributed by atoms with Crippen molar-refractivity contribution in [3.8, 4) is 0 Å². The number of rotatable bonds is 5. The van der Waals surface area contributed by atoms with Gasteiger partial charge in [-0.2, -0.15) is 30.9 Å². The van der Waals surface area contributed by atoms with E-state index in [1.165, 1.54) is 10.4 Å².